The number of nitrogens with zero attached hydrogens (tertiary/aromatic N) is 1. The SMILES string of the molecule is O=C1C=CC(=O)N1[C@H]1CCc2c(OCCc3ccccc3)cccc21. The first kappa shape index (κ1) is 15.6. The molecule has 0 aromatic heterocycles. The monoisotopic (exact) mass is 333 g/mol. The van der Waals surface area contributed by atoms with Crippen LogP contribution >= 0.6 is 0 Å². The predicted molar refractivity (Wildman–Crippen MR) is 94.1 cm³/mol. The molecule has 126 valence electrons. The maximum absolute atomic E-state index is 12.0. The van der Waals surface area contributed by atoms with E-state index in [9.17, 15) is 9.59 Å². The Morgan fingerprint density at radius 1 is 0.960 bits per heavy atom. The number of fused-ring (bicyclic) bond motifs is 1. The van der Waals surface area contributed by atoms with Crippen LogP contribution in [0.2, 0.25) is 0 Å². The Morgan fingerprint density at radius 2 is 1.72 bits per heavy atom. The number of imide groups is 1. The third-order valence-electron chi connectivity index (χ3n) is 4.84. The van der Waals surface area contributed by atoms with Crippen molar-refractivity contribution in [2.45, 2.75) is 25.3 Å². The van der Waals surface area contributed by atoms with E-state index in [2.05, 4.69) is 12.1 Å². The summed E-state index contributed by atoms with van der Waals surface area (Å²) in [6.45, 7) is 0.605. The van der Waals surface area contributed by atoms with Gasteiger partial charge in [0.15, 0.2) is 0 Å². The summed E-state index contributed by atoms with van der Waals surface area (Å²) in [5, 5.41) is 0. The van der Waals surface area contributed by atoms with Gasteiger partial charge in [-0.3, -0.25) is 14.5 Å². The molecule has 1 aliphatic heterocycles. The van der Waals surface area contributed by atoms with Gasteiger partial charge in [-0.2, -0.15) is 0 Å². The highest BCUT2D eigenvalue weighted by Gasteiger charge is 2.37. The summed E-state index contributed by atoms with van der Waals surface area (Å²) in [5.74, 6) is 0.416. The second-order valence-corrected chi connectivity index (χ2v) is 6.34. The largest absolute Gasteiger partial charge is 0.493 e. The molecule has 1 heterocycles. The van der Waals surface area contributed by atoms with Crippen molar-refractivity contribution in [2.75, 3.05) is 6.61 Å². The van der Waals surface area contributed by atoms with E-state index in [1.165, 1.54) is 22.6 Å². The van der Waals surface area contributed by atoms with E-state index in [1.54, 1.807) is 0 Å². The van der Waals surface area contributed by atoms with E-state index in [0.29, 0.717) is 6.61 Å². The molecule has 0 N–H and O–H groups in total. The Morgan fingerprint density at radius 3 is 2.48 bits per heavy atom. The molecule has 4 rings (SSSR count). The Hall–Kier alpha value is -2.88. The number of rotatable bonds is 5. The molecule has 1 atom stereocenters. The molecule has 25 heavy (non-hydrogen) atoms. The van der Waals surface area contributed by atoms with Crippen LogP contribution < -0.4 is 4.74 Å². The predicted octanol–water partition coefficient (Wildman–Crippen LogP) is 3.22. The molecular weight excluding hydrogens is 314 g/mol. The smallest absolute Gasteiger partial charge is 0.254 e. The highest BCUT2D eigenvalue weighted by molar-refractivity contribution is 6.13. The van der Waals surface area contributed by atoms with Gasteiger partial charge in [0.1, 0.15) is 5.75 Å². The number of amides is 2. The molecule has 1 aliphatic carbocycles. The van der Waals surface area contributed by atoms with Gasteiger partial charge in [-0.05, 0) is 35.6 Å². The van der Waals surface area contributed by atoms with Crippen LogP contribution in [-0.2, 0) is 22.4 Å². The van der Waals surface area contributed by atoms with E-state index in [-0.39, 0.29) is 17.9 Å². The van der Waals surface area contributed by atoms with Crippen molar-refractivity contribution in [2.24, 2.45) is 0 Å². The van der Waals surface area contributed by atoms with Gasteiger partial charge in [0.25, 0.3) is 11.8 Å². The lowest BCUT2D eigenvalue weighted by Gasteiger charge is -2.23. The fraction of sp³-hybridized carbons (Fsp3) is 0.238. The fourth-order valence-electron chi connectivity index (χ4n) is 3.64. The van der Waals surface area contributed by atoms with Crippen molar-refractivity contribution in [3.8, 4) is 5.75 Å². The summed E-state index contributed by atoms with van der Waals surface area (Å²) in [4.78, 5) is 25.3. The Labute approximate surface area is 146 Å². The number of hydrogen-bond acceptors (Lipinski definition) is 3. The first-order valence-corrected chi connectivity index (χ1v) is 8.58. The van der Waals surface area contributed by atoms with Gasteiger partial charge in [0.05, 0.1) is 12.6 Å². The standard InChI is InChI=1S/C21H19NO3/c23-20-11-12-21(24)22(20)18-10-9-17-16(18)7-4-8-19(17)25-14-13-15-5-2-1-3-6-15/h1-8,11-12,18H,9-10,13-14H2/t18-/m0/s1. The quantitative estimate of drug-likeness (QED) is 0.789. The van der Waals surface area contributed by atoms with Crippen molar-refractivity contribution in [3.63, 3.8) is 0 Å². The highest BCUT2D eigenvalue weighted by Crippen LogP contribution is 2.41. The average molecular weight is 333 g/mol. The van der Waals surface area contributed by atoms with E-state index in [0.717, 1.165) is 36.1 Å². The van der Waals surface area contributed by atoms with Crippen molar-refractivity contribution in [3.05, 3.63) is 77.4 Å². The second kappa shape index (κ2) is 6.55. The Kier molecular flexibility index (Phi) is 4.10. The highest BCUT2D eigenvalue weighted by atomic mass is 16.5. The van der Waals surface area contributed by atoms with E-state index in [4.69, 9.17) is 4.74 Å². The third-order valence-corrected chi connectivity index (χ3v) is 4.84. The second-order valence-electron chi connectivity index (χ2n) is 6.34. The molecule has 2 aromatic rings. The summed E-state index contributed by atoms with van der Waals surface area (Å²) in [7, 11) is 0. The van der Waals surface area contributed by atoms with Crippen molar-refractivity contribution < 1.29 is 14.3 Å². The lowest BCUT2D eigenvalue weighted by molar-refractivity contribution is -0.139. The molecule has 0 saturated heterocycles. The first-order chi connectivity index (χ1) is 12.2. The lowest BCUT2D eigenvalue weighted by atomic mass is 10.1. The number of ether oxygens (including phenoxy) is 1. The van der Waals surface area contributed by atoms with E-state index in [1.807, 2.05) is 36.4 Å². The summed E-state index contributed by atoms with van der Waals surface area (Å²) in [5.41, 5.74) is 3.39. The summed E-state index contributed by atoms with van der Waals surface area (Å²) >= 11 is 0. The molecule has 2 aromatic carbocycles. The topological polar surface area (TPSA) is 46.6 Å². The average Bonchev–Trinajstić information content (AvgIpc) is 3.19. The van der Waals surface area contributed by atoms with Crippen LogP contribution in [0.25, 0.3) is 0 Å². The van der Waals surface area contributed by atoms with Crippen LogP contribution in [0.5, 0.6) is 5.75 Å². The van der Waals surface area contributed by atoms with Gasteiger partial charge in [-0.25, -0.2) is 0 Å². The Balaban J connectivity index is 1.49. The Bertz CT molecular complexity index is 823. The molecule has 0 radical (unpaired) electrons. The number of carbonyl (C=O) groups excluding carboxylic acids is 2. The van der Waals surface area contributed by atoms with Gasteiger partial charge in [-0.15, -0.1) is 0 Å². The van der Waals surface area contributed by atoms with Gasteiger partial charge >= 0.3 is 0 Å². The molecule has 4 heteroatoms. The van der Waals surface area contributed by atoms with Crippen LogP contribution in [-0.4, -0.2) is 23.3 Å². The zero-order chi connectivity index (χ0) is 17.2. The maximum atomic E-state index is 12.0. The van der Waals surface area contributed by atoms with E-state index >= 15 is 0 Å². The summed E-state index contributed by atoms with van der Waals surface area (Å²) < 4.78 is 6.01. The molecule has 0 fully saturated rings. The van der Waals surface area contributed by atoms with Crippen LogP contribution in [0.1, 0.15) is 29.2 Å². The zero-order valence-corrected chi connectivity index (χ0v) is 13.9. The first-order valence-electron chi connectivity index (χ1n) is 8.58. The molecule has 0 saturated carbocycles. The lowest BCUT2D eigenvalue weighted by Crippen LogP contribution is -2.33. The van der Waals surface area contributed by atoms with Crippen LogP contribution in [0.15, 0.2) is 60.7 Å². The van der Waals surface area contributed by atoms with Crippen molar-refractivity contribution in [1.29, 1.82) is 0 Å². The molecule has 4 nitrogen and oxygen atoms in total. The minimum absolute atomic E-state index is 0.178. The third kappa shape index (κ3) is 2.95. The van der Waals surface area contributed by atoms with Gasteiger partial charge in [0.2, 0.25) is 0 Å². The maximum Gasteiger partial charge on any atom is 0.254 e. The van der Waals surface area contributed by atoms with Crippen LogP contribution in [0.4, 0.5) is 0 Å². The van der Waals surface area contributed by atoms with Crippen LogP contribution in [0.3, 0.4) is 0 Å². The number of hydrogen-bond donors (Lipinski definition) is 0. The summed E-state index contributed by atoms with van der Waals surface area (Å²) in [6.07, 6.45) is 5.12. The van der Waals surface area contributed by atoms with Crippen molar-refractivity contribution in [1.82, 2.24) is 4.90 Å². The zero-order valence-electron chi connectivity index (χ0n) is 13.9. The summed E-state index contributed by atoms with van der Waals surface area (Å²) in [6, 6.07) is 16.0. The van der Waals surface area contributed by atoms with Crippen LogP contribution in [0, 0.1) is 0 Å². The normalized spacial score (nSPS) is 18.7. The molecule has 2 amide bonds. The van der Waals surface area contributed by atoms with Gasteiger partial charge in [-0.1, -0.05) is 42.5 Å². The molecule has 0 spiro atoms. The van der Waals surface area contributed by atoms with Crippen molar-refractivity contribution >= 4 is 11.8 Å². The van der Waals surface area contributed by atoms with Gasteiger partial charge in [0, 0.05) is 18.6 Å². The molecule has 0 unspecified atom stereocenters. The number of benzene rings is 2. The minimum atomic E-state index is -0.224. The fourth-order valence-corrected chi connectivity index (χ4v) is 3.64. The minimum Gasteiger partial charge on any atom is -0.493 e. The molecule has 0 bridgehead atoms. The van der Waals surface area contributed by atoms with E-state index < -0.39 is 0 Å². The number of carbonyl (C=O) groups is 2. The molecule has 2 aliphatic rings. The molecular formula is C21H19NO3. The van der Waals surface area contributed by atoms with Gasteiger partial charge < -0.3 is 4.74 Å².